The lowest BCUT2D eigenvalue weighted by Crippen LogP contribution is -2.46. The number of hydrogen-bond acceptors (Lipinski definition) is 7. The summed E-state index contributed by atoms with van der Waals surface area (Å²) in [6.45, 7) is 15.8. The van der Waals surface area contributed by atoms with Crippen LogP contribution in [0.2, 0.25) is 0 Å². The van der Waals surface area contributed by atoms with E-state index in [0.29, 0.717) is 0 Å². The first-order valence-corrected chi connectivity index (χ1v) is 11.5. The molecule has 0 radical (unpaired) electrons. The summed E-state index contributed by atoms with van der Waals surface area (Å²) in [6.07, 6.45) is 4.64. The first-order valence-electron chi connectivity index (χ1n) is 11.5. The number of piperazine rings is 1. The zero-order valence-electron chi connectivity index (χ0n) is 20.0. The summed E-state index contributed by atoms with van der Waals surface area (Å²) in [6, 6.07) is 10.1. The number of para-hydroxylation sites is 1. The highest BCUT2D eigenvalue weighted by Crippen LogP contribution is 2.31. The van der Waals surface area contributed by atoms with Crippen molar-refractivity contribution >= 4 is 22.7 Å². The molecule has 32 heavy (non-hydrogen) atoms. The molecule has 2 aromatic heterocycles. The van der Waals surface area contributed by atoms with Gasteiger partial charge in [0.2, 0.25) is 5.95 Å². The van der Waals surface area contributed by atoms with E-state index in [9.17, 15) is 0 Å². The molecule has 0 atom stereocenters. The van der Waals surface area contributed by atoms with Gasteiger partial charge in [0, 0.05) is 49.5 Å². The molecule has 1 aromatic carbocycles. The van der Waals surface area contributed by atoms with Crippen LogP contribution >= 0.6 is 0 Å². The number of anilines is 2. The van der Waals surface area contributed by atoms with E-state index >= 15 is 0 Å². The Morgan fingerprint density at radius 2 is 1.56 bits per heavy atom. The van der Waals surface area contributed by atoms with Crippen LogP contribution in [0.15, 0.2) is 42.7 Å². The summed E-state index contributed by atoms with van der Waals surface area (Å²) in [7, 11) is 0. The number of nitrogens with zero attached hydrogens (tertiary/aromatic N) is 6. The summed E-state index contributed by atoms with van der Waals surface area (Å²) >= 11 is 0. The van der Waals surface area contributed by atoms with E-state index in [4.69, 9.17) is 9.97 Å². The Hall–Kier alpha value is -2.80. The minimum atomic E-state index is -0.0754. The van der Waals surface area contributed by atoms with Crippen molar-refractivity contribution < 1.29 is 0 Å². The Balaban J connectivity index is 1.50. The molecular formula is C25H35N7. The SMILES string of the molecule is CC(C)(C)CC(C)(C)Nc1nc(CN2CCN(c3ncccn3)CC2)nc2ccccc12. The summed E-state index contributed by atoms with van der Waals surface area (Å²) in [5.74, 6) is 2.60. The van der Waals surface area contributed by atoms with Crippen LogP contribution in [0.1, 0.15) is 46.9 Å². The Morgan fingerprint density at radius 1 is 0.875 bits per heavy atom. The van der Waals surface area contributed by atoms with Gasteiger partial charge in [-0.15, -0.1) is 0 Å². The number of aromatic nitrogens is 4. The topological polar surface area (TPSA) is 70.1 Å². The highest BCUT2D eigenvalue weighted by atomic mass is 15.3. The summed E-state index contributed by atoms with van der Waals surface area (Å²) < 4.78 is 0. The second kappa shape index (κ2) is 8.98. The number of nitrogens with one attached hydrogen (secondary N) is 1. The third-order valence-electron chi connectivity index (χ3n) is 5.65. The fraction of sp³-hybridized carbons (Fsp3) is 0.520. The van der Waals surface area contributed by atoms with Crippen molar-refractivity contribution in [3.63, 3.8) is 0 Å². The molecule has 3 heterocycles. The molecule has 0 amide bonds. The maximum absolute atomic E-state index is 4.99. The van der Waals surface area contributed by atoms with Crippen LogP contribution in [0.25, 0.3) is 10.9 Å². The number of fused-ring (bicyclic) bond motifs is 1. The van der Waals surface area contributed by atoms with Crippen LogP contribution in [0.3, 0.4) is 0 Å². The first-order chi connectivity index (χ1) is 15.2. The minimum Gasteiger partial charge on any atom is -0.365 e. The Labute approximate surface area is 191 Å². The lowest BCUT2D eigenvalue weighted by atomic mass is 9.82. The minimum absolute atomic E-state index is 0.0754. The van der Waals surface area contributed by atoms with Crippen molar-refractivity contribution in [1.82, 2.24) is 24.8 Å². The molecule has 1 saturated heterocycles. The smallest absolute Gasteiger partial charge is 0.225 e. The highest BCUT2D eigenvalue weighted by Gasteiger charge is 2.27. The van der Waals surface area contributed by atoms with Crippen LogP contribution < -0.4 is 10.2 Å². The van der Waals surface area contributed by atoms with E-state index in [-0.39, 0.29) is 11.0 Å². The normalized spacial score (nSPS) is 15.8. The van der Waals surface area contributed by atoms with Gasteiger partial charge in [0.05, 0.1) is 12.1 Å². The van der Waals surface area contributed by atoms with E-state index in [2.05, 4.69) is 77.9 Å². The maximum atomic E-state index is 4.99. The van der Waals surface area contributed by atoms with Gasteiger partial charge in [-0.3, -0.25) is 4.90 Å². The summed E-state index contributed by atoms with van der Waals surface area (Å²) in [5, 5.41) is 4.80. The fourth-order valence-electron chi connectivity index (χ4n) is 4.74. The molecule has 0 saturated carbocycles. The van der Waals surface area contributed by atoms with Crippen LogP contribution in [-0.4, -0.2) is 56.6 Å². The zero-order valence-corrected chi connectivity index (χ0v) is 20.0. The highest BCUT2D eigenvalue weighted by molar-refractivity contribution is 5.89. The number of rotatable bonds is 6. The van der Waals surface area contributed by atoms with Gasteiger partial charge >= 0.3 is 0 Å². The third kappa shape index (κ3) is 5.71. The zero-order chi connectivity index (χ0) is 22.8. The Kier molecular flexibility index (Phi) is 6.29. The van der Waals surface area contributed by atoms with Gasteiger partial charge in [-0.05, 0) is 43.9 Å². The molecule has 0 unspecified atom stereocenters. The molecule has 4 rings (SSSR count). The van der Waals surface area contributed by atoms with E-state index < -0.39 is 0 Å². The molecule has 1 aliphatic heterocycles. The van der Waals surface area contributed by atoms with Gasteiger partial charge in [-0.25, -0.2) is 19.9 Å². The van der Waals surface area contributed by atoms with E-state index in [0.717, 1.165) is 67.6 Å². The Bertz CT molecular complexity index is 1040. The second-order valence-corrected chi connectivity index (χ2v) is 10.6. The first kappa shape index (κ1) is 22.4. The van der Waals surface area contributed by atoms with Crippen LogP contribution in [0.5, 0.6) is 0 Å². The van der Waals surface area contributed by atoms with Gasteiger partial charge in [0.25, 0.3) is 0 Å². The molecule has 0 bridgehead atoms. The molecule has 3 aromatic rings. The van der Waals surface area contributed by atoms with Crippen molar-refractivity contribution in [3.05, 3.63) is 48.5 Å². The summed E-state index contributed by atoms with van der Waals surface area (Å²) in [5.41, 5.74) is 1.14. The summed E-state index contributed by atoms with van der Waals surface area (Å²) in [4.78, 5) is 23.3. The van der Waals surface area contributed by atoms with Crippen molar-refractivity contribution in [2.24, 2.45) is 5.41 Å². The average Bonchev–Trinajstić information content (AvgIpc) is 2.73. The standard InChI is InChI=1S/C25H35N7/c1-24(2,3)18-25(4,5)30-22-19-9-6-7-10-20(19)28-21(29-22)17-31-13-15-32(16-14-31)23-26-11-8-12-27-23/h6-12H,13-18H2,1-5H3,(H,28,29,30). The quantitative estimate of drug-likeness (QED) is 0.619. The fourth-order valence-corrected chi connectivity index (χ4v) is 4.74. The van der Waals surface area contributed by atoms with Crippen LogP contribution in [0.4, 0.5) is 11.8 Å². The van der Waals surface area contributed by atoms with Crippen molar-refractivity contribution in [2.75, 3.05) is 36.4 Å². The second-order valence-electron chi connectivity index (χ2n) is 10.6. The van der Waals surface area contributed by atoms with E-state index in [1.807, 2.05) is 12.1 Å². The molecular weight excluding hydrogens is 398 g/mol. The van der Waals surface area contributed by atoms with Crippen LogP contribution in [0, 0.1) is 5.41 Å². The molecule has 1 fully saturated rings. The van der Waals surface area contributed by atoms with Gasteiger partial charge in [-0.1, -0.05) is 32.9 Å². The lowest BCUT2D eigenvalue weighted by molar-refractivity contribution is 0.243. The van der Waals surface area contributed by atoms with Gasteiger partial charge < -0.3 is 10.2 Å². The third-order valence-corrected chi connectivity index (χ3v) is 5.65. The predicted octanol–water partition coefficient (Wildman–Crippen LogP) is 4.37. The van der Waals surface area contributed by atoms with E-state index in [1.165, 1.54) is 0 Å². The van der Waals surface area contributed by atoms with Gasteiger partial charge in [-0.2, -0.15) is 0 Å². The molecule has 0 aliphatic carbocycles. The predicted molar refractivity (Wildman–Crippen MR) is 131 cm³/mol. The molecule has 170 valence electrons. The monoisotopic (exact) mass is 433 g/mol. The van der Waals surface area contributed by atoms with Gasteiger partial charge in [0.1, 0.15) is 11.6 Å². The average molecular weight is 434 g/mol. The number of benzene rings is 1. The van der Waals surface area contributed by atoms with E-state index in [1.54, 1.807) is 12.4 Å². The van der Waals surface area contributed by atoms with Crippen molar-refractivity contribution in [3.8, 4) is 0 Å². The molecule has 1 aliphatic rings. The number of hydrogen-bond donors (Lipinski definition) is 1. The largest absolute Gasteiger partial charge is 0.365 e. The maximum Gasteiger partial charge on any atom is 0.225 e. The van der Waals surface area contributed by atoms with Crippen molar-refractivity contribution in [1.29, 1.82) is 0 Å². The molecule has 7 nitrogen and oxygen atoms in total. The van der Waals surface area contributed by atoms with Gasteiger partial charge in [0.15, 0.2) is 0 Å². The molecule has 0 spiro atoms. The van der Waals surface area contributed by atoms with Crippen molar-refractivity contribution in [2.45, 2.75) is 53.1 Å². The molecule has 1 N–H and O–H groups in total. The molecule has 7 heteroatoms. The lowest BCUT2D eigenvalue weighted by Gasteiger charge is -2.35. The van der Waals surface area contributed by atoms with Crippen LogP contribution in [-0.2, 0) is 6.54 Å². The Morgan fingerprint density at radius 3 is 2.25 bits per heavy atom.